The van der Waals surface area contributed by atoms with E-state index < -0.39 is 0 Å². The van der Waals surface area contributed by atoms with Crippen molar-refractivity contribution in [3.63, 3.8) is 0 Å². The van der Waals surface area contributed by atoms with E-state index in [2.05, 4.69) is 39.4 Å². The Balaban J connectivity index is 1.22. The highest BCUT2D eigenvalue weighted by atomic mass is 35.5. The molecule has 6 heteroatoms. The average molecular weight is 444 g/mol. The van der Waals surface area contributed by atoms with E-state index in [4.69, 9.17) is 11.6 Å². The first-order valence-electron chi connectivity index (χ1n) is 11.4. The fourth-order valence-corrected chi connectivity index (χ4v) is 4.79. The number of amides is 1. The number of piperidine rings is 2. The van der Waals surface area contributed by atoms with Crippen LogP contribution in [0.2, 0.25) is 5.02 Å². The molecular weight excluding hydrogens is 413 g/mol. The van der Waals surface area contributed by atoms with Crippen LogP contribution in [-0.2, 0) is 17.9 Å². The van der Waals surface area contributed by atoms with Gasteiger partial charge < -0.3 is 10.2 Å². The molecule has 0 bridgehead atoms. The van der Waals surface area contributed by atoms with Crippen molar-refractivity contribution in [2.75, 3.05) is 31.1 Å². The molecule has 0 aromatic heterocycles. The lowest BCUT2D eigenvalue weighted by atomic mass is 9.95. The highest BCUT2D eigenvalue weighted by Crippen LogP contribution is 2.25. The fraction of sp³-hybridized carbons (Fsp3) is 0.480. The second kappa shape index (κ2) is 10.5. The number of halogens is 2. The average Bonchev–Trinajstić information content (AvgIpc) is 2.81. The Morgan fingerprint density at radius 3 is 2.39 bits per heavy atom. The third-order valence-corrected chi connectivity index (χ3v) is 6.88. The molecule has 2 heterocycles. The molecule has 1 amide bonds. The van der Waals surface area contributed by atoms with Crippen molar-refractivity contribution in [3.05, 3.63) is 64.4 Å². The van der Waals surface area contributed by atoms with Gasteiger partial charge in [0.1, 0.15) is 5.82 Å². The zero-order valence-electron chi connectivity index (χ0n) is 18.0. The van der Waals surface area contributed by atoms with Gasteiger partial charge in [0.25, 0.3) is 0 Å². The van der Waals surface area contributed by atoms with Crippen molar-refractivity contribution < 1.29 is 9.18 Å². The van der Waals surface area contributed by atoms with E-state index >= 15 is 0 Å². The predicted molar refractivity (Wildman–Crippen MR) is 124 cm³/mol. The smallest absolute Gasteiger partial charge is 0.223 e. The Hall–Kier alpha value is -2.11. The Bertz CT molecular complexity index is 855. The summed E-state index contributed by atoms with van der Waals surface area (Å²) in [7, 11) is 0. The van der Waals surface area contributed by atoms with Gasteiger partial charge in [0.15, 0.2) is 0 Å². The third kappa shape index (κ3) is 5.78. The molecule has 2 aromatic carbocycles. The van der Waals surface area contributed by atoms with E-state index in [-0.39, 0.29) is 17.6 Å². The van der Waals surface area contributed by atoms with E-state index in [1.165, 1.54) is 31.0 Å². The Labute approximate surface area is 189 Å². The molecule has 0 spiro atoms. The summed E-state index contributed by atoms with van der Waals surface area (Å²) in [5.41, 5.74) is 2.94. The van der Waals surface area contributed by atoms with Crippen molar-refractivity contribution in [1.29, 1.82) is 0 Å². The summed E-state index contributed by atoms with van der Waals surface area (Å²) in [4.78, 5) is 17.3. The highest BCUT2D eigenvalue weighted by Gasteiger charge is 2.25. The normalized spacial score (nSPS) is 18.2. The summed E-state index contributed by atoms with van der Waals surface area (Å²) in [5, 5.41) is 3.56. The van der Waals surface area contributed by atoms with Crippen LogP contribution in [0.25, 0.3) is 0 Å². The number of nitrogens with one attached hydrogen (secondary N) is 1. The molecule has 166 valence electrons. The summed E-state index contributed by atoms with van der Waals surface area (Å²) < 4.78 is 14.0. The van der Waals surface area contributed by atoms with Crippen LogP contribution in [0, 0.1) is 11.7 Å². The van der Waals surface area contributed by atoms with Crippen LogP contribution >= 0.6 is 11.6 Å². The summed E-state index contributed by atoms with van der Waals surface area (Å²) in [5.74, 6) is -0.137. The predicted octanol–water partition coefficient (Wildman–Crippen LogP) is 5.00. The molecule has 0 radical (unpaired) electrons. The molecule has 31 heavy (non-hydrogen) atoms. The van der Waals surface area contributed by atoms with E-state index in [1.807, 2.05) is 0 Å². The van der Waals surface area contributed by atoms with Gasteiger partial charge in [0, 0.05) is 48.4 Å². The summed E-state index contributed by atoms with van der Waals surface area (Å²) in [6.07, 6.45) is 5.43. The Kier molecular flexibility index (Phi) is 7.46. The molecule has 2 fully saturated rings. The van der Waals surface area contributed by atoms with Gasteiger partial charge in [-0.25, -0.2) is 4.39 Å². The largest absolute Gasteiger partial charge is 0.372 e. The van der Waals surface area contributed by atoms with Crippen LogP contribution in [-0.4, -0.2) is 37.0 Å². The summed E-state index contributed by atoms with van der Waals surface area (Å²) in [6, 6.07) is 13.4. The molecule has 0 unspecified atom stereocenters. The quantitative estimate of drug-likeness (QED) is 0.682. The first-order chi connectivity index (χ1) is 15.1. The fourth-order valence-electron chi connectivity index (χ4n) is 4.57. The summed E-state index contributed by atoms with van der Waals surface area (Å²) in [6.45, 7) is 4.86. The van der Waals surface area contributed by atoms with Gasteiger partial charge in [-0.2, -0.15) is 0 Å². The van der Waals surface area contributed by atoms with Crippen molar-refractivity contribution in [2.24, 2.45) is 5.92 Å². The van der Waals surface area contributed by atoms with Gasteiger partial charge in [0.05, 0.1) is 0 Å². The van der Waals surface area contributed by atoms with Crippen molar-refractivity contribution in [3.8, 4) is 0 Å². The third-order valence-electron chi connectivity index (χ3n) is 6.53. The number of hydrogen-bond donors (Lipinski definition) is 1. The lowest BCUT2D eigenvalue weighted by Gasteiger charge is -2.31. The monoisotopic (exact) mass is 443 g/mol. The molecule has 2 saturated heterocycles. The molecule has 2 aromatic rings. The van der Waals surface area contributed by atoms with E-state index in [1.54, 1.807) is 12.1 Å². The van der Waals surface area contributed by atoms with Gasteiger partial charge in [-0.15, -0.1) is 0 Å². The highest BCUT2D eigenvalue weighted by molar-refractivity contribution is 6.31. The number of likely N-dealkylation sites (tertiary alicyclic amines) is 1. The molecule has 4 nitrogen and oxygen atoms in total. The zero-order valence-corrected chi connectivity index (χ0v) is 18.7. The summed E-state index contributed by atoms with van der Waals surface area (Å²) >= 11 is 6.15. The molecule has 1 N–H and O–H groups in total. The Morgan fingerprint density at radius 1 is 1.00 bits per heavy atom. The van der Waals surface area contributed by atoms with E-state index in [9.17, 15) is 9.18 Å². The molecule has 2 aliphatic rings. The maximum Gasteiger partial charge on any atom is 0.223 e. The molecule has 0 atom stereocenters. The lowest BCUT2D eigenvalue weighted by Crippen LogP contribution is -2.40. The molecule has 0 aliphatic carbocycles. The topological polar surface area (TPSA) is 35.6 Å². The second-order valence-electron chi connectivity index (χ2n) is 8.68. The molecular formula is C25H31ClFN3O. The SMILES string of the molecule is O=C(NCc1ccc(N2CCCCC2)cc1)C1CCN(Cc2c(F)cccc2Cl)CC1. The van der Waals surface area contributed by atoms with Crippen molar-refractivity contribution in [1.82, 2.24) is 10.2 Å². The molecule has 2 aliphatic heterocycles. The van der Waals surface area contributed by atoms with Crippen LogP contribution in [0.4, 0.5) is 10.1 Å². The number of rotatable bonds is 6. The first-order valence-corrected chi connectivity index (χ1v) is 11.7. The van der Waals surface area contributed by atoms with Crippen LogP contribution in [0.1, 0.15) is 43.2 Å². The minimum Gasteiger partial charge on any atom is -0.372 e. The number of benzene rings is 2. The minimum atomic E-state index is -0.265. The van der Waals surface area contributed by atoms with Crippen LogP contribution in [0.5, 0.6) is 0 Å². The maximum atomic E-state index is 14.0. The Morgan fingerprint density at radius 2 is 1.71 bits per heavy atom. The number of nitrogens with zero attached hydrogens (tertiary/aromatic N) is 2. The number of anilines is 1. The van der Waals surface area contributed by atoms with Crippen molar-refractivity contribution in [2.45, 2.75) is 45.2 Å². The van der Waals surface area contributed by atoms with Gasteiger partial charge >= 0.3 is 0 Å². The van der Waals surface area contributed by atoms with Crippen molar-refractivity contribution >= 4 is 23.2 Å². The number of carbonyl (C=O) groups excluding carboxylic acids is 1. The van der Waals surface area contributed by atoms with Gasteiger partial charge in [-0.1, -0.05) is 29.8 Å². The van der Waals surface area contributed by atoms with Crippen LogP contribution < -0.4 is 10.2 Å². The van der Waals surface area contributed by atoms with Crippen LogP contribution in [0.15, 0.2) is 42.5 Å². The van der Waals surface area contributed by atoms with Gasteiger partial charge in [-0.3, -0.25) is 9.69 Å². The standard InChI is InChI=1S/C25H31ClFN3O/c26-23-5-4-6-24(27)22(23)18-29-15-11-20(12-16-29)25(31)28-17-19-7-9-21(10-8-19)30-13-2-1-3-14-30/h4-10,20H,1-3,11-18H2,(H,28,31). The maximum absolute atomic E-state index is 14.0. The molecule has 0 saturated carbocycles. The van der Waals surface area contributed by atoms with E-state index in [0.717, 1.165) is 44.6 Å². The lowest BCUT2D eigenvalue weighted by molar-refractivity contribution is -0.126. The molecule has 4 rings (SSSR count). The minimum absolute atomic E-state index is 0.0139. The number of hydrogen-bond acceptors (Lipinski definition) is 3. The van der Waals surface area contributed by atoms with E-state index in [0.29, 0.717) is 23.7 Å². The van der Waals surface area contributed by atoms with Crippen LogP contribution in [0.3, 0.4) is 0 Å². The number of carbonyl (C=O) groups is 1. The zero-order chi connectivity index (χ0) is 21.6. The second-order valence-corrected chi connectivity index (χ2v) is 9.09. The van der Waals surface area contributed by atoms with Gasteiger partial charge in [-0.05, 0) is 75.0 Å². The van der Waals surface area contributed by atoms with Gasteiger partial charge in [0.2, 0.25) is 5.91 Å². The first kappa shape index (κ1) is 22.1.